The van der Waals surface area contributed by atoms with Crippen molar-refractivity contribution in [2.24, 2.45) is 0 Å². The molecule has 0 aliphatic carbocycles. The number of hydrogen-bond acceptors (Lipinski definition) is 7. The summed E-state index contributed by atoms with van der Waals surface area (Å²) >= 11 is 0. The van der Waals surface area contributed by atoms with Gasteiger partial charge in [0, 0.05) is 25.5 Å². The summed E-state index contributed by atoms with van der Waals surface area (Å²) in [6.45, 7) is 1.62. The smallest absolute Gasteiger partial charge is 0.241 e. The van der Waals surface area contributed by atoms with Crippen molar-refractivity contribution in [3.8, 4) is 5.95 Å². The molecule has 0 radical (unpaired) electrons. The average molecular weight is 275 g/mol. The fourth-order valence-corrected chi connectivity index (χ4v) is 2.17. The lowest BCUT2D eigenvalue weighted by Crippen LogP contribution is -2.15. The maximum Gasteiger partial charge on any atom is 0.241 e. The molecule has 0 saturated carbocycles. The Bertz CT molecular complexity index is 551. The Balaban J connectivity index is 1.63. The third-order valence-electron chi connectivity index (χ3n) is 3.15. The predicted molar refractivity (Wildman–Crippen MR) is 73.4 cm³/mol. The van der Waals surface area contributed by atoms with Gasteiger partial charge in [-0.2, -0.15) is 15.0 Å². The van der Waals surface area contributed by atoms with Crippen LogP contribution in [0.15, 0.2) is 18.7 Å². The Kier molecular flexibility index (Phi) is 3.73. The van der Waals surface area contributed by atoms with Crippen molar-refractivity contribution in [2.45, 2.75) is 25.4 Å². The van der Waals surface area contributed by atoms with Crippen molar-refractivity contribution in [1.82, 2.24) is 24.5 Å². The van der Waals surface area contributed by atoms with E-state index in [4.69, 9.17) is 10.5 Å². The van der Waals surface area contributed by atoms with E-state index in [0.29, 0.717) is 18.0 Å². The normalized spacial score (nSPS) is 18.3. The molecule has 0 bridgehead atoms. The molecule has 1 saturated heterocycles. The molecule has 2 aromatic rings. The number of imidazole rings is 1. The molecular formula is C12H17N7O. The summed E-state index contributed by atoms with van der Waals surface area (Å²) in [5.41, 5.74) is 5.70. The van der Waals surface area contributed by atoms with Crippen LogP contribution in [0.25, 0.3) is 5.95 Å². The maximum absolute atomic E-state index is 5.70. The van der Waals surface area contributed by atoms with E-state index >= 15 is 0 Å². The minimum absolute atomic E-state index is 0.184. The molecule has 1 fully saturated rings. The van der Waals surface area contributed by atoms with Gasteiger partial charge in [0.25, 0.3) is 0 Å². The second kappa shape index (κ2) is 5.83. The first-order chi connectivity index (χ1) is 9.81. The number of anilines is 2. The van der Waals surface area contributed by atoms with Gasteiger partial charge in [-0.1, -0.05) is 0 Å². The molecule has 1 unspecified atom stereocenters. The second-order valence-electron chi connectivity index (χ2n) is 4.64. The first-order valence-electron chi connectivity index (χ1n) is 6.66. The number of ether oxygens (including phenoxy) is 1. The Morgan fingerprint density at radius 3 is 3.10 bits per heavy atom. The van der Waals surface area contributed by atoms with Gasteiger partial charge in [-0.3, -0.25) is 4.57 Å². The quantitative estimate of drug-likeness (QED) is 0.824. The van der Waals surface area contributed by atoms with E-state index in [0.717, 1.165) is 32.4 Å². The summed E-state index contributed by atoms with van der Waals surface area (Å²) in [7, 11) is 0. The number of nitrogen functional groups attached to an aromatic ring is 1. The van der Waals surface area contributed by atoms with Crippen molar-refractivity contribution in [3.05, 3.63) is 18.7 Å². The first-order valence-corrected chi connectivity index (χ1v) is 6.66. The lowest BCUT2D eigenvalue weighted by Gasteiger charge is -2.10. The molecule has 0 spiro atoms. The zero-order valence-corrected chi connectivity index (χ0v) is 11.1. The zero-order valence-electron chi connectivity index (χ0n) is 11.1. The van der Waals surface area contributed by atoms with Crippen LogP contribution in [-0.2, 0) is 4.74 Å². The fourth-order valence-electron chi connectivity index (χ4n) is 2.17. The Hall–Kier alpha value is -2.22. The van der Waals surface area contributed by atoms with Crippen molar-refractivity contribution in [2.75, 3.05) is 24.2 Å². The van der Waals surface area contributed by atoms with Crippen LogP contribution in [0.1, 0.15) is 19.3 Å². The highest BCUT2D eigenvalue weighted by atomic mass is 16.5. The summed E-state index contributed by atoms with van der Waals surface area (Å²) in [5.74, 6) is 1.11. The third kappa shape index (κ3) is 3.02. The molecule has 0 aromatic carbocycles. The number of nitrogens with zero attached hydrogens (tertiary/aromatic N) is 5. The summed E-state index contributed by atoms with van der Waals surface area (Å²) in [5, 5.41) is 3.16. The number of nitrogens with two attached hydrogens (primary N) is 1. The number of aromatic nitrogens is 5. The van der Waals surface area contributed by atoms with Crippen LogP contribution >= 0.6 is 0 Å². The van der Waals surface area contributed by atoms with E-state index in [9.17, 15) is 0 Å². The van der Waals surface area contributed by atoms with Crippen LogP contribution < -0.4 is 11.1 Å². The second-order valence-corrected chi connectivity index (χ2v) is 4.64. The molecule has 3 N–H and O–H groups in total. The number of rotatable bonds is 5. The van der Waals surface area contributed by atoms with Gasteiger partial charge in [-0.15, -0.1) is 0 Å². The van der Waals surface area contributed by atoms with E-state index in [1.165, 1.54) is 0 Å². The number of hydrogen-bond donors (Lipinski definition) is 2. The minimum Gasteiger partial charge on any atom is -0.378 e. The third-order valence-corrected chi connectivity index (χ3v) is 3.15. The van der Waals surface area contributed by atoms with E-state index in [-0.39, 0.29) is 5.95 Å². The number of nitrogens with one attached hydrogen (secondary N) is 1. The van der Waals surface area contributed by atoms with Gasteiger partial charge in [0.15, 0.2) is 0 Å². The van der Waals surface area contributed by atoms with Gasteiger partial charge in [-0.25, -0.2) is 4.98 Å². The van der Waals surface area contributed by atoms with Gasteiger partial charge in [-0.05, 0) is 19.3 Å². The highest BCUT2D eigenvalue weighted by Crippen LogP contribution is 2.15. The zero-order chi connectivity index (χ0) is 13.8. The molecule has 20 heavy (non-hydrogen) atoms. The van der Waals surface area contributed by atoms with Crippen LogP contribution in [0.3, 0.4) is 0 Å². The van der Waals surface area contributed by atoms with Crippen molar-refractivity contribution < 1.29 is 4.74 Å². The highest BCUT2D eigenvalue weighted by molar-refractivity contribution is 5.34. The minimum atomic E-state index is 0.184. The Morgan fingerprint density at radius 2 is 2.35 bits per heavy atom. The monoisotopic (exact) mass is 275 g/mol. The van der Waals surface area contributed by atoms with Crippen LogP contribution in [-0.4, -0.2) is 43.8 Å². The van der Waals surface area contributed by atoms with Gasteiger partial charge in [0.2, 0.25) is 17.8 Å². The van der Waals surface area contributed by atoms with Crippen LogP contribution in [0.2, 0.25) is 0 Å². The van der Waals surface area contributed by atoms with Crippen molar-refractivity contribution in [3.63, 3.8) is 0 Å². The van der Waals surface area contributed by atoms with Crippen LogP contribution in [0.5, 0.6) is 0 Å². The Labute approximate surface area is 116 Å². The van der Waals surface area contributed by atoms with E-state index in [1.807, 2.05) is 0 Å². The van der Waals surface area contributed by atoms with Gasteiger partial charge in [0.1, 0.15) is 6.33 Å². The lowest BCUT2D eigenvalue weighted by atomic mass is 10.2. The summed E-state index contributed by atoms with van der Waals surface area (Å²) in [6.07, 6.45) is 8.58. The van der Waals surface area contributed by atoms with Gasteiger partial charge in [0.05, 0.1) is 6.10 Å². The summed E-state index contributed by atoms with van der Waals surface area (Å²) in [6, 6.07) is 0. The molecule has 3 rings (SSSR count). The first kappa shape index (κ1) is 12.8. The molecule has 2 aromatic heterocycles. The topological polar surface area (TPSA) is 104 Å². The standard InChI is InChI=1S/C12H17N7O/c13-10-16-11(15-4-3-9-2-1-7-20-9)18-12(17-10)19-6-5-14-8-19/h5-6,8-9H,1-4,7H2,(H3,13,15,16,17,18). The Morgan fingerprint density at radius 1 is 1.40 bits per heavy atom. The molecule has 0 amide bonds. The lowest BCUT2D eigenvalue weighted by molar-refractivity contribution is 0.107. The van der Waals surface area contributed by atoms with Crippen molar-refractivity contribution >= 4 is 11.9 Å². The SMILES string of the molecule is Nc1nc(NCCC2CCCO2)nc(-n2ccnc2)n1. The van der Waals surface area contributed by atoms with E-state index in [1.54, 1.807) is 23.3 Å². The fraction of sp³-hybridized carbons (Fsp3) is 0.500. The van der Waals surface area contributed by atoms with Crippen LogP contribution in [0.4, 0.5) is 11.9 Å². The maximum atomic E-state index is 5.70. The largest absolute Gasteiger partial charge is 0.378 e. The molecule has 1 aliphatic heterocycles. The van der Waals surface area contributed by atoms with Gasteiger partial charge < -0.3 is 15.8 Å². The highest BCUT2D eigenvalue weighted by Gasteiger charge is 2.15. The molecule has 3 heterocycles. The molecule has 106 valence electrons. The molecule has 8 heteroatoms. The molecule has 8 nitrogen and oxygen atoms in total. The summed E-state index contributed by atoms with van der Waals surface area (Å²) < 4.78 is 7.25. The van der Waals surface area contributed by atoms with E-state index in [2.05, 4.69) is 25.3 Å². The molecule has 1 aliphatic rings. The van der Waals surface area contributed by atoms with Gasteiger partial charge >= 0.3 is 0 Å². The molecule has 1 atom stereocenters. The summed E-state index contributed by atoms with van der Waals surface area (Å²) in [4.78, 5) is 16.4. The molecular weight excluding hydrogens is 258 g/mol. The average Bonchev–Trinajstić information content (AvgIpc) is 3.11. The van der Waals surface area contributed by atoms with E-state index < -0.39 is 0 Å². The van der Waals surface area contributed by atoms with Crippen molar-refractivity contribution in [1.29, 1.82) is 0 Å². The predicted octanol–water partition coefficient (Wildman–Crippen LogP) is 0.620. The van der Waals surface area contributed by atoms with Crippen LogP contribution in [0, 0.1) is 0 Å².